The molecule has 2 N–H and O–H groups in total. The molecular weight excluding hydrogens is 256 g/mol. The van der Waals surface area contributed by atoms with Crippen molar-refractivity contribution < 1.29 is 14.7 Å². The van der Waals surface area contributed by atoms with E-state index in [-0.39, 0.29) is 24.4 Å². The van der Waals surface area contributed by atoms with Crippen molar-refractivity contribution in [1.29, 1.82) is 0 Å². The monoisotopic (exact) mass is 282 g/mol. The van der Waals surface area contributed by atoms with Crippen molar-refractivity contribution in [3.8, 4) is 0 Å². The standard InChI is InChI=1S/C15H26N2O3/c1-10(2)13(7-14(18)19)16-15(20)17(8-11-3-4-11)9-12-5-6-12/h10-13H,3-9H2,1-2H3,(H,16,20)(H,18,19). The van der Waals surface area contributed by atoms with Gasteiger partial charge in [-0.1, -0.05) is 13.8 Å². The quantitative estimate of drug-likeness (QED) is 0.718. The van der Waals surface area contributed by atoms with E-state index in [0.717, 1.165) is 13.1 Å². The first-order chi connectivity index (χ1) is 9.45. The van der Waals surface area contributed by atoms with Crippen LogP contribution in [0.1, 0.15) is 46.0 Å². The van der Waals surface area contributed by atoms with Crippen LogP contribution in [0.5, 0.6) is 0 Å². The first kappa shape index (κ1) is 15.1. The molecule has 0 aromatic heterocycles. The van der Waals surface area contributed by atoms with Gasteiger partial charge in [-0.05, 0) is 43.4 Å². The number of carboxylic acids is 1. The Hall–Kier alpha value is -1.26. The van der Waals surface area contributed by atoms with Crippen molar-refractivity contribution >= 4 is 12.0 Å². The van der Waals surface area contributed by atoms with Gasteiger partial charge in [0.15, 0.2) is 0 Å². The van der Waals surface area contributed by atoms with Crippen molar-refractivity contribution in [2.75, 3.05) is 13.1 Å². The molecule has 2 amide bonds. The van der Waals surface area contributed by atoms with Crippen LogP contribution in [0, 0.1) is 17.8 Å². The number of hydrogen-bond acceptors (Lipinski definition) is 2. The molecule has 1 unspecified atom stereocenters. The Labute approximate surface area is 120 Å². The van der Waals surface area contributed by atoms with Crippen molar-refractivity contribution in [3.63, 3.8) is 0 Å². The predicted molar refractivity (Wildman–Crippen MR) is 76.4 cm³/mol. The number of nitrogens with one attached hydrogen (secondary N) is 1. The molecule has 2 aliphatic carbocycles. The van der Waals surface area contributed by atoms with Crippen LogP contribution >= 0.6 is 0 Å². The summed E-state index contributed by atoms with van der Waals surface area (Å²) in [6, 6.07) is -0.371. The van der Waals surface area contributed by atoms with E-state index in [1.807, 2.05) is 18.7 Å². The second kappa shape index (κ2) is 6.46. The van der Waals surface area contributed by atoms with Gasteiger partial charge >= 0.3 is 12.0 Å². The molecule has 2 rings (SSSR count). The lowest BCUT2D eigenvalue weighted by atomic mass is 10.0. The zero-order valence-corrected chi connectivity index (χ0v) is 12.5. The molecule has 2 aliphatic rings. The molecule has 2 fully saturated rings. The summed E-state index contributed by atoms with van der Waals surface area (Å²) in [6.07, 6.45) is 4.87. The number of amides is 2. The third kappa shape index (κ3) is 5.02. The predicted octanol–water partition coefficient (Wildman–Crippen LogP) is 2.32. The fourth-order valence-corrected chi connectivity index (χ4v) is 2.36. The average molecular weight is 282 g/mol. The molecule has 0 heterocycles. The summed E-state index contributed by atoms with van der Waals surface area (Å²) in [5.74, 6) is 0.589. The lowest BCUT2D eigenvalue weighted by molar-refractivity contribution is -0.137. The van der Waals surface area contributed by atoms with Gasteiger partial charge in [0.1, 0.15) is 0 Å². The van der Waals surface area contributed by atoms with Gasteiger partial charge in [-0.15, -0.1) is 0 Å². The average Bonchev–Trinajstić information content (AvgIpc) is 3.21. The highest BCUT2D eigenvalue weighted by Crippen LogP contribution is 2.33. The van der Waals surface area contributed by atoms with Crippen LogP contribution in [0.3, 0.4) is 0 Å². The summed E-state index contributed by atoms with van der Waals surface area (Å²) in [6.45, 7) is 5.56. The Balaban J connectivity index is 1.88. The minimum atomic E-state index is -0.861. The fraction of sp³-hybridized carbons (Fsp3) is 0.867. The molecule has 0 radical (unpaired) electrons. The maximum absolute atomic E-state index is 12.4. The van der Waals surface area contributed by atoms with Crippen LogP contribution in [-0.2, 0) is 4.79 Å². The summed E-state index contributed by atoms with van der Waals surface area (Å²) in [7, 11) is 0. The second-order valence-electron chi connectivity index (χ2n) is 6.69. The van der Waals surface area contributed by atoms with E-state index in [1.54, 1.807) is 0 Å². The van der Waals surface area contributed by atoms with E-state index in [0.29, 0.717) is 11.8 Å². The minimum Gasteiger partial charge on any atom is -0.481 e. The molecule has 0 aromatic rings. The van der Waals surface area contributed by atoms with Gasteiger partial charge in [0.2, 0.25) is 0 Å². The third-order valence-corrected chi connectivity index (χ3v) is 4.15. The smallest absolute Gasteiger partial charge is 0.317 e. The van der Waals surface area contributed by atoms with Gasteiger partial charge in [0.25, 0.3) is 0 Å². The normalized spacial score (nSPS) is 19.8. The largest absolute Gasteiger partial charge is 0.481 e. The molecule has 0 spiro atoms. The first-order valence-electron chi connectivity index (χ1n) is 7.73. The maximum Gasteiger partial charge on any atom is 0.317 e. The zero-order valence-electron chi connectivity index (χ0n) is 12.5. The Morgan fingerprint density at radius 3 is 2.00 bits per heavy atom. The summed E-state index contributed by atoms with van der Waals surface area (Å²) in [5.41, 5.74) is 0. The number of carbonyl (C=O) groups excluding carboxylic acids is 1. The topological polar surface area (TPSA) is 69.6 Å². The van der Waals surface area contributed by atoms with Crippen molar-refractivity contribution in [2.45, 2.75) is 52.0 Å². The van der Waals surface area contributed by atoms with E-state index in [2.05, 4.69) is 5.32 Å². The van der Waals surface area contributed by atoms with Crippen LogP contribution in [0.15, 0.2) is 0 Å². The second-order valence-corrected chi connectivity index (χ2v) is 6.69. The Kier molecular flexibility index (Phi) is 4.89. The lowest BCUT2D eigenvalue weighted by Gasteiger charge is -2.28. The fourth-order valence-electron chi connectivity index (χ4n) is 2.36. The van der Waals surface area contributed by atoms with E-state index < -0.39 is 5.97 Å². The lowest BCUT2D eigenvalue weighted by Crippen LogP contribution is -2.48. The van der Waals surface area contributed by atoms with Gasteiger partial charge in [-0.25, -0.2) is 4.79 Å². The molecule has 0 saturated heterocycles. The van der Waals surface area contributed by atoms with Gasteiger partial charge < -0.3 is 15.3 Å². The summed E-state index contributed by atoms with van der Waals surface area (Å²) >= 11 is 0. The molecule has 114 valence electrons. The third-order valence-electron chi connectivity index (χ3n) is 4.15. The number of carboxylic acid groups (broad SMARTS) is 1. The molecule has 20 heavy (non-hydrogen) atoms. The van der Waals surface area contributed by atoms with Gasteiger partial charge in [0, 0.05) is 19.1 Å². The molecule has 0 bridgehead atoms. The minimum absolute atomic E-state index is 0.00982. The van der Waals surface area contributed by atoms with E-state index in [9.17, 15) is 9.59 Å². The molecular formula is C15H26N2O3. The number of urea groups is 1. The molecule has 0 aliphatic heterocycles. The van der Waals surface area contributed by atoms with Crippen molar-refractivity contribution in [1.82, 2.24) is 10.2 Å². The molecule has 2 saturated carbocycles. The zero-order chi connectivity index (χ0) is 14.7. The number of nitrogens with zero attached hydrogens (tertiary/aromatic N) is 1. The van der Waals surface area contributed by atoms with Crippen LogP contribution in [-0.4, -0.2) is 41.1 Å². The summed E-state index contributed by atoms with van der Waals surface area (Å²) in [5, 5.41) is 11.9. The number of hydrogen-bond donors (Lipinski definition) is 2. The van der Waals surface area contributed by atoms with Crippen molar-refractivity contribution in [2.24, 2.45) is 17.8 Å². The van der Waals surface area contributed by atoms with E-state index in [1.165, 1.54) is 25.7 Å². The van der Waals surface area contributed by atoms with Crippen LogP contribution < -0.4 is 5.32 Å². The van der Waals surface area contributed by atoms with Crippen LogP contribution in [0.2, 0.25) is 0 Å². The summed E-state index contributed by atoms with van der Waals surface area (Å²) < 4.78 is 0. The highest BCUT2D eigenvalue weighted by molar-refractivity contribution is 5.76. The molecule has 5 heteroatoms. The SMILES string of the molecule is CC(C)C(CC(=O)O)NC(=O)N(CC1CC1)CC1CC1. The van der Waals surface area contributed by atoms with E-state index >= 15 is 0 Å². The van der Waals surface area contributed by atoms with Gasteiger partial charge in [0.05, 0.1) is 6.42 Å². The molecule has 5 nitrogen and oxygen atoms in total. The number of carbonyl (C=O) groups is 2. The first-order valence-corrected chi connectivity index (χ1v) is 7.73. The summed E-state index contributed by atoms with van der Waals surface area (Å²) in [4.78, 5) is 25.2. The Morgan fingerprint density at radius 1 is 1.15 bits per heavy atom. The van der Waals surface area contributed by atoms with Crippen molar-refractivity contribution in [3.05, 3.63) is 0 Å². The Morgan fingerprint density at radius 2 is 1.65 bits per heavy atom. The molecule has 0 aromatic carbocycles. The Bertz CT molecular complexity index is 348. The van der Waals surface area contributed by atoms with Crippen LogP contribution in [0.25, 0.3) is 0 Å². The van der Waals surface area contributed by atoms with Gasteiger partial charge in [-0.3, -0.25) is 4.79 Å². The highest BCUT2D eigenvalue weighted by Gasteiger charge is 2.32. The maximum atomic E-state index is 12.4. The number of rotatable bonds is 8. The molecule has 1 atom stereocenters. The number of aliphatic carboxylic acids is 1. The van der Waals surface area contributed by atoms with Gasteiger partial charge in [-0.2, -0.15) is 0 Å². The van der Waals surface area contributed by atoms with Crippen LogP contribution in [0.4, 0.5) is 4.79 Å². The van der Waals surface area contributed by atoms with E-state index in [4.69, 9.17) is 5.11 Å². The highest BCUT2D eigenvalue weighted by atomic mass is 16.4.